The maximum atomic E-state index is 14.1. The average molecular weight is 399 g/mol. The summed E-state index contributed by atoms with van der Waals surface area (Å²) < 4.78 is 20.9. The van der Waals surface area contributed by atoms with Gasteiger partial charge in [0.15, 0.2) is 11.6 Å². The van der Waals surface area contributed by atoms with Crippen molar-refractivity contribution in [3.8, 4) is 11.5 Å². The first-order chi connectivity index (χ1) is 9.85. The van der Waals surface area contributed by atoms with E-state index in [1.54, 1.807) is 6.07 Å². The summed E-state index contributed by atoms with van der Waals surface area (Å²) in [5, 5.41) is 3.35. The van der Waals surface area contributed by atoms with Crippen LogP contribution in [-0.4, -0.2) is 5.54 Å². The summed E-state index contributed by atoms with van der Waals surface area (Å²) in [6.45, 7) is 6.78. The number of nitrogens with one attached hydrogen (secondary N) is 1. The summed E-state index contributed by atoms with van der Waals surface area (Å²) in [6, 6.07) is 12.6. The molecule has 0 aliphatic heterocycles. The fraction of sp³-hybridized carbons (Fsp3) is 0.294. The lowest BCUT2D eigenvalue weighted by Crippen LogP contribution is -2.35. The predicted molar refractivity (Wildman–Crippen MR) is 92.2 cm³/mol. The lowest BCUT2D eigenvalue weighted by Gasteiger charge is -2.21. The van der Waals surface area contributed by atoms with Gasteiger partial charge in [0, 0.05) is 21.2 Å². The minimum absolute atomic E-state index is 0.0353. The van der Waals surface area contributed by atoms with Gasteiger partial charge < -0.3 is 10.1 Å². The molecule has 0 aromatic heterocycles. The van der Waals surface area contributed by atoms with Gasteiger partial charge in [-0.1, -0.05) is 12.1 Å². The fourth-order valence-corrected chi connectivity index (χ4v) is 2.15. The molecule has 0 amide bonds. The predicted octanol–water partition coefficient (Wildman–Crippen LogP) is 5.11. The highest BCUT2D eigenvalue weighted by molar-refractivity contribution is 14.1. The maximum Gasteiger partial charge on any atom is 0.167 e. The molecule has 1 N–H and O–H groups in total. The monoisotopic (exact) mass is 399 g/mol. The van der Waals surface area contributed by atoms with Crippen molar-refractivity contribution in [3.05, 3.63) is 57.4 Å². The molecule has 112 valence electrons. The van der Waals surface area contributed by atoms with E-state index in [1.165, 1.54) is 6.07 Å². The summed E-state index contributed by atoms with van der Waals surface area (Å²) in [5.74, 6) is 0.578. The van der Waals surface area contributed by atoms with Crippen LogP contribution in [0.1, 0.15) is 26.3 Å². The normalized spacial score (nSPS) is 11.5. The van der Waals surface area contributed by atoms with Gasteiger partial charge in [-0.05, 0) is 73.7 Å². The third kappa shape index (κ3) is 4.97. The quantitative estimate of drug-likeness (QED) is 0.722. The largest absolute Gasteiger partial charge is 0.454 e. The molecule has 2 aromatic rings. The molecule has 21 heavy (non-hydrogen) atoms. The summed E-state index contributed by atoms with van der Waals surface area (Å²) in [5.41, 5.74) is 0.774. The maximum absolute atomic E-state index is 14.1. The summed E-state index contributed by atoms with van der Waals surface area (Å²) in [4.78, 5) is 0. The molecule has 0 aliphatic rings. The van der Waals surface area contributed by atoms with Crippen LogP contribution >= 0.6 is 22.6 Å². The van der Waals surface area contributed by atoms with Gasteiger partial charge in [0.1, 0.15) is 5.75 Å². The molecule has 2 aromatic carbocycles. The van der Waals surface area contributed by atoms with Crippen LogP contribution in [0.2, 0.25) is 0 Å². The third-order valence-corrected chi connectivity index (χ3v) is 3.61. The molecule has 0 atom stereocenters. The van der Waals surface area contributed by atoms with Crippen LogP contribution in [0.25, 0.3) is 0 Å². The van der Waals surface area contributed by atoms with Crippen molar-refractivity contribution in [1.82, 2.24) is 5.32 Å². The molecule has 2 nitrogen and oxygen atoms in total. The Labute approximate surface area is 138 Å². The lowest BCUT2D eigenvalue weighted by atomic mass is 10.1. The van der Waals surface area contributed by atoms with E-state index in [2.05, 4.69) is 48.7 Å². The molecule has 2 rings (SSSR count). The molecule has 4 heteroatoms. The molecule has 0 bridgehead atoms. The van der Waals surface area contributed by atoms with Crippen molar-refractivity contribution in [2.75, 3.05) is 0 Å². The minimum atomic E-state index is -0.346. The summed E-state index contributed by atoms with van der Waals surface area (Å²) >= 11 is 2.22. The van der Waals surface area contributed by atoms with Gasteiger partial charge in [0.2, 0.25) is 0 Å². The summed E-state index contributed by atoms with van der Waals surface area (Å²) in [7, 11) is 0. The third-order valence-electron chi connectivity index (χ3n) is 2.89. The number of hydrogen-bond acceptors (Lipinski definition) is 2. The van der Waals surface area contributed by atoms with Crippen molar-refractivity contribution in [2.24, 2.45) is 0 Å². The number of para-hydroxylation sites is 1. The molecule has 0 aliphatic carbocycles. The topological polar surface area (TPSA) is 21.3 Å². The Bertz CT molecular complexity index is 605. The van der Waals surface area contributed by atoms with Gasteiger partial charge in [-0.25, -0.2) is 4.39 Å². The average Bonchev–Trinajstić information content (AvgIpc) is 2.41. The molecule has 0 spiro atoms. The van der Waals surface area contributed by atoms with E-state index in [4.69, 9.17) is 4.74 Å². The molecule has 0 radical (unpaired) electrons. The lowest BCUT2D eigenvalue weighted by molar-refractivity contribution is 0.404. The minimum Gasteiger partial charge on any atom is -0.454 e. The number of halogens is 2. The second kappa shape index (κ2) is 6.75. The first kappa shape index (κ1) is 16.2. The highest BCUT2D eigenvalue weighted by atomic mass is 127. The molecule has 0 saturated carbocycles. The zero-order valence-electron chi connectivity index (χ0n) is 12.4. The first-order valence-electron chi connectivity index (χ1n) is 6.81. The van der Waals surface area contributed by atoms with Crippen molar-refractivity contribution in [3.63, 3.8) is 0 Å². The van der Waals surface area contributed by atoms with E-state index in [1.807, 2.05) is 30.3 Å². The molecule has 0 saturated heterocycles. The van der Waals surface area contributed by atoms with Gasteiger partial charge >= 0.3 is 0 Å². The zero-order valence-corrected chi connectivity index (χ0v) is 14.6. The van der Waals surface area contributed by atoms with Crippen LogP contribution in [-0.2, 0) is 6.54 Å². The Hall–Kier alpha value is -1.14. The smallest absolute Gasteiger partial charge is 0.167 e. The second-order valence-corrected chi connectivity index (χ2v) is 7.13. The Morgan fingerprint density at radius 1 is 1.10 bits per heavy atom. The van der Waals surface area contributed by atoms with E-state index in [0.717, 1.165) is 9.13 Å². The number of hydrogen-bond donors (Lipinski definition) is 1. The van der Waals surface area contributed by atoms with E-state index in [-0.39, 0.29) is 17.1 Å². The van der Waals surface area contributed by atoms with Crippen LogP contribution in [0.4, 0.5) is 4.39 Å². The molecule has 0 heterocycles. The van der Waals surface area contributed by atoms with E-state index in [0.29, 0.717) is 12.3 Å². The van der Waals surface area contributed by atoms with Crippen molar-refractivity contribution >= 4 is 22.6 Å². The molecule has 0 fully saturated rings. The van der Waals surface area contributed by atoms with E-state index < -0.39 is 0 Å². The van der Waals surface area contributed by atoms with E-state index >= 15 is 0 Å². The number of rotatable bonds is 4. The van der Waals surface area contributed by atoms with E-state index in [9.17, 15) is 4.39 Å². The standard InChI is InChI=1S/C17H19FINO/c1-17(2,3)20-11-12-5-4-6-15(18)16(12)21-14-9-7-13(19)8-10-14/h4-10,20H,11H2,1-3H3. The highest BCUT2D eigenvalue weighted by Gasteiger charge is 2.14. The molecular weight excluding hydrogens is 380 g/mol. The Kier molecular flexibility index (Phi) is 5.22. The van der Waals surface area contributed by atoms with Gasteiger partial charge in [-0.2, -0.15) is 0 Å². The molecular formula is C17H19FINO. The highest BCUT2D eigenvalue weighted by Crippen LogP contribution is 2.29. The Balaban J connectivity index is 2.23. The van der Waals surface area contributed by atoms with Crippen molar-refractivity contribution in [1.29, 1.82) is 0 Å². The van der Waals surface area contributed by atoms with Crippen LogP contribution in [0.15, 0.2) is 42.5 Å². The van der Waals surface area contributed by atoms with Gasteiger partial charge in [0.05, 0.1) is 0 Å². The molecule has 0 unspecified atom stereocenters. The number of ether oxygens (including phenoxy) is 1. The van der Waals surface area contributed by atoms with Crippen LogP contribution in [0.3, 0.4) is 0 Å². The van der Waals surface area contributed by atoms with Crippen LogP contribution in [0.5, 0.6) is 11.5 Å². The van der Waals surface area contributed by atoms with Crippen LogP contribution in [0, 0.1) is 9.39 Å². The van der Waals surface area contributed by atoms with Gasteiger partial charge in [-0.15, -0.1) is 0 Å². The Morgan fingerprint density at radius 3 is 2.38 bits per heavy atom. The van der Waals surface area contributed by atoms with Crippen LogP contribution < -0.4 is 10.1 Å². The number of benzene rings is 2. The summed E-state index contributed by atoms with van der Waals surface area (Å²) in [6.07, 6.45) is 0. The Morgan fingerprint density at radius 2 is 1.76 bits per heavy atom. The van der Waals surface area contributed by atoms with Crippen molar-refractivity contribution < 1.29 is 9.13 Å². The van der Waals surface area contributed by atoms with Crippen molar-refractivity contribution in [2.45, 2.75) is 32.9 Å². The van der Waals surface area contributed by atoms with Gasteiger partial charge in [0.25, 0.3) is 0 Å². The SMILES string of the molecule is CC(C)(C)NCc1cccc(F)c1Oc1ccc(I)cc1. The first-order valence-corrected chi connectivity index (χ1v) is 7.89. The van der Waals surface area contributed by atoms with Gasteiger partial charge in [-0.3, -0.25) is 0 Å². The zero-order chi connectivity index (χ0) is 15.5. The second-order valence-electron chi connectivity index (χ2n) is 5.89. The fourth-order valence-electron chi connectivity index (χ4n) is 1.79.